The molecule has 11 heteroatoms. The van der Waals surface area contributed by atoms with E-state index in [4.69, 9.17) is 14.7 Å². The van der Waals surface area contributed by atoms with Crippen LogP contribution in [0, 0.1) is 11.3 Å². The Morgan fingerprint density at radius 1 is 1.08 bits per heavy atom. The van der Waals surface area contributed by atoms with Crippen molar-refractivity contribution in [1.29, 1.82) is 5.26 Å². The molecule has 8 nitrogen and oxygen atoms in total. The van der Waals surface area contributed by atoms with Gasteiger partial charge in [0.05, 0.1) is 36.5 Å². The molecule has 1 aliphatic rings. The van der Waals surface area contributed by atoms with Crippen molar-refractivity contribution in [3.63, 3.8) is 0 Å². The predicted octanol–water partition coefficient (Wildman–Crippen LogP) is 4.77. The standard InChI is InChI=1S/C25H26F3N5O3/c1-4-33(5-2)11-10-30-23-19(31-24(34)32-23)13-16-6-9-21(22(14-16)35-3)36-20-8-7-17(15-29)12-18(20)25(26,27)28/h6-9,12-14H,4-5,10-11H2,1-3H3,(H2,30,31,32,34)/b19-13-. The first kappa shape index (κ1) is 26.6. The van der Waals surface area contributed by atoms with Crippen LogP contribution in [0.25, 0.3) is 6.08 Å². The Labute approximate surface area is 207 Å². The van der Waals surface area contributed by atoms with Gasteiger partial charge in [0.15, 0.2) is 17.3 Å². The second-order valence-corrected chi connectivity index (χ2v) is 7.73. The molecule has 1 fully saturated rings. The lowest BCUT2D eigenvalue weighted by molar-refractivity contribution is -0.138. The maximum atomic E-state index is 13.5. The van der Waals surface area contributed by atoms with Crippen LogP contribution in [0.4, 0.5) is 18.0 Å². The fourth-order valence-corrected chi connectivity index (χ4v) is 3.51. The second-order valence-electron chi connectivity index (χ2n) is 7.73. The smallest absolute Gasteiger partial charge is 0.420 e. The number of hydrogen-bond acceptors (Lipinski definition) is 6. The molecule has 1 heterocycles. The number of carbonyl (C=O) groups is 1. The van der Waals surface area contributed by atoms with Crippen molar-refractivity contribution in [3.8, 4) is 23.3 Å². The largest absolute Gasteiger partial charge is 0.493 e. The van der Waals surface area contributed by atoms with Crippen LogP contribution < -0.4 is 20.1 Å². The first-order chi connectivity index (χ1) is 17.2. The highest BCUT2D eigenvalue weighted by Crippen LogP contribution is 2.41. The zero-order chi connectivity index (χ0) is 26.3. The van der Waals surface area contributed by atoms with Crippen molar-refractivity contribution < 1.29 is 27.4 Å². The average molecular weight is 502 g/mol. The van der Waals surface area contributed by atoms with Crippen molar-refractivity contribution in [3.05, 3.63) is 58.8 Å². The highest BCUT2D eigenvalue weighted by Gasteiger charge is 2.35. The van der Waals surface area contributed by atoms with Crippen molar-refractivity contribution in [2.75, 3.05) is 33.3 Å². The number of nitrogens with one attached hydrogen (secondary N) is 2. The summed E-state index contributed by atoms with van der Waals surface area (Å²) in [7, 11) is 1.36. The SMILES string of the molecule is CCN(CC)CCN=C1NC(=O)N/C1=C\c1ccc(Oc2ccc(C#N)cc2C(F)(F)F)c(OC)c1. The number of hydrogen-bond donors (Lipinski definition) is 2. The number of nitrogens with zero attached hydrogens (tertiary/aromatic N) is 3. The van der Waals surface area contributed by atoms with Crippen molar-refractivity contribution in [1.82, 2.24) is 15.5 Å². The van der Waals surface area contributed by atoms with Gasteiger partial charge in [0, 0.05) is 6.54 Å². The second kappa shape index (κ2) is 11.6. The summed E-state index contributed by atoms with van der Waals surface area (Å²) < 4.78 is 51.4. The Hall–Kier alpha value is -4.04. The summed E-state index contributed by atoms with van der Waals surface area (Å²) in [5.74, 6) is 0.176. The molecule has 0 radical (unpaired) electrons. The van der Waals surface area contributed by atoms with Crippen LogP contribution in [-0.2, 0) is 6.18 Å². The quantitative estimate of drug-likeness (QED) is 0.516. The fourth-order valence-electron chi connectivity index (χ4n) is 3.51. The number of likely N-dealkylation sites (N-methyl/N-ethyl adjacent to an activating group) is 1. The number of alkyl halides is 3. The Bertz CT molecular complexity index is 1210. The van der Waals surface area contributed by atoms with Crippen LogP contribution in [0.15, 0.2) is 47.1 Å². The summed E-state index contributed by atoms with van der Waals surface area (Å²) in [5, 5.41) is 14.3. The minimum Gasteiger partial charge on any atom is -0.493 e. The topological polar surface area (TPSA) is 99.0 Å². The van der Waals surface area contributed by atoms with E-state index in [1.807, 2.05) is 0 Å². The van der Waals surface area contributed by atoms with Gasteiger partial charge in [-0.1, -0.05) is 19.9 Å². The summed E-state index contributed by atoms with van der Waals surface area (Å²) >= 11 is 0. The molecule has 2 aromatic carbocycles. The minimum absolute atomic E-state index is 0.0524. The molecule has 0 bridgehead atoms. The molecule has 0 aromatic heterocycles. The molecule has 1 saturated heterocycles. The molecule has 0 atom stereocenters. The van der Waals surface area contributed by atoms with E-state index in [1.54, 1.807) is 24.3 Å². The summed E-state index contributed by atoms with van der Waals surface area (Å²) in [6.07, 6.45) is -3.04. The van der Waals surface area contributed by atoms with Gasteiger partial charge in [0.25, 0.3) is 0 Å². The molecule has 1 aliphatic heterocycles. The number of aliphatic imine (C=N–C) groups is 1. The number of rotatable bonds is 9. The molecule has 3 rings (SSSR count). The van der Waals surface area contributed by atoms with E-state index < -0.39 is 23.5 Å². The van der Waals surface area contributed by atoms with Gasteiger partial charge in [0.2, 0.25) is 0 Å². The van der Waals surface area contributed by atoms with E-state index in [0.717, 1.165) is 31.8 Å². The lowest BCUT2D eigenvalue weighted by atomic mass is 10.1. The zero-order valence-corrected chi connectivity index (χ0v) is 20.1. The van der Waals surface area contributed by atoms with Crippen LogP contribution in [0.3, 0.4) is 0 Å². The predicted molar refractivity (Wildman–Crippen MR) is 129 cm³/mol. The maximum absolute atomic E-state index is 13.5. The van der Waals surface area contributed by atoms with Crippen LogP contribution in [0.5, 0.6) is 17.2 Å². The molecular weight excluding hydrogens is 475 g/mol. The number of amidine groups is 1. The van der Waals surface area contributed by atoms with Crippen LogP contribution >= 0.6 is 0 Å². The molecule has 2 amide bonds. The third-order valence-corrected chi connectivity index (χ3v) is 5.45. The number of methoxy groups -OCH3 is 1. The van der Waals surface area contributed by atoms with E-state index >= 15 is 0 Å². The molecule has 0 aliphatic carbocycles. The maximum Gasteiger partial charge on any atom is 0.420 e. The molecule has 36 heavy (non-hydrogen) atoms. The molecule has 0 spiro atoms. The van der Waals surface area contributed by atoms with E-state index in [1.165, 1.54) is 19.2 Å². The van der Waals surface area contributed by atoms with Gasteiger partial charge in [-0.05, 0) is 55.1 Å². The molecule has 190 valence electrons. The molecule has 2 aromatic rings. The van der Waals surface area contributed by atoms with Gasteiger partial charge in [-0.2, -0.15) is 18.4 Å². The molecule has 0 saturated carbocycles. The number of ether oxygens (including phenoxy) is 2. The van der Waals surface area contributed by atoms with Gasteiger partial charge in [-0.3, -0.25) is 10.3 Å². The summed E-state index contributed by atoms with van der Waals surface area (Å²) in [6.45, 7) is 7.17. The highest BCUT2D eigenvalue weighted by atomic mass is 19.4. The van der Waals surface area contributed by atoms with Crippen molar-refractivity contribution >= 4 is 17.9 Å². The zero-order valence-electron chi connectivity index (χ0n) is 20.1. The summed E-state index contributed by atoms with van der Waals surface area (Å²) in [6, 6.07) is 9.00. The van der Waals surface area contributed by atoms with Crippen LogP contribution in [-0.4, -0.2) is 50.1 Å². The van der Waals surface area contributed by atoms with Gasteiger partial charge < -0.3 is 19.7 Å². The number of halogens is 3. The van der Waals surface area contributed by atoms with Gasteiger partial charge in [0.1, 0.15) is 5.75 Å². The van der Waals surface area contributed by atoms with Gasteiger partial charge in [-0.25, -0.2) is 4.79 Å². The Balaban J connectivity index is 1.86. The van der Waals surface area contributed by atoms with Crippen molar-refractivity contribution in [2.45, 2.75) is 20.0 Å². The lowest BCUT2D eigenvalue weighted by Crippen LogP contribution is -2.27. The van der Waals surface area contributed by atoms with Crippen LogP contribution in [0.2, 0.25) is 0 Å². The molecule has 0 unspecified atom stereocenters. The van der Waals surface area contributed by atoms with Gasteiger partial charge in [-0.15, -0.1) is 0 Å². The molecular formula is C25H26F3N5O3. The normalized spacial score (nSPS) is 15.7. The first-order valence-electron chi connectivity index (χ1n) is 11.2. The Kier molecular flexibility index (Phi) is 8.55. The third kappa shape index (κ3) is 6.55. The Morgan fingerprint density at radius 3 is 2.44 bits per heavy atom. The number of nitriles is 1. The first-order valence-corrected chi connectivity index (χ1v) is 11.2. The highest BCUT2D eigenvalue weighted by molar-refractivity contribution is 6.16. The fraction of sp³-hybridized carbons (Fsp3) is 0.320. The van der Waals surface area contributed by atoms with E-state index in [-0.39, 0.29) is 17.1 Å². The van der Waals surface area contributed by atoms with Gasteiger partial charge >= 0.3 is 12.2 Å². The monoisotopic (exact) mass is 501 g/mol. The number of urea groups is 1. The Morgan fingerprint density at radius 2 is 1.81 bits per heavy atom. The molecule has 2 N–H and O–H groups in total. The number of carbonyl (C=O) groups excluding carboxylic acids is 1. The van der Waals surface area contributed by atoms with Crippen LogP contribution in [0.1, 0.15) is 30.5 Å². The van der Waals surface area contributed by atoms with Crippen molar-refractivity contribution in [2.24, 2.45) is 4.99 Å². The third-order valence-electron chi connectivity index (χ3n) is 5.45. The number of benzene rings is 2. The summed E-state index contributed by atoms with van der Waals surface area (Å²) in [5.41, 5.74) is -0.141. The van der Waals surface area contributed by atoms with E-state index in [9.17, 15) is 18.0 Å². The minimum atomic E-state index is -4.71. The summed E-state index contributed by atoms with van der Waals surface area (Å²) in [4.78, 5) is 18.6. The average Bonchev–Trinajstić information content (AvgIpc) is 3.20. The lowest BCUT2D eigenvalue weighted by Gasteiger charge is -2.16. The number of amides is 2. The van der Waals surface area contributed by atoms with E-state index in [2.05, 4.69) is 34.4 Å². The van der Waals surface area contributed by atoms with E-state index in [0.29, 0.717) is 23.6 Å².